The molecule has 0 spiro atoms. The first-order valence-corrected chi connectivity index (χ1v) is 12.6. The number of hydrogen-bond acceptors (Lipinski definition) is 9. The lowest BCUT2D eigenvalue weighted by Crippen LogP contribution is -2.24. The van der Waals surface area contributed by atoms with Crippen molar-refractivity contribution in [2.24, 2.45) is 4.99 Å². The largest absolute Gasteiger partial charge is 0.490 e. The van der Waals surface area contributed by atoms with E-state index in [4.69, 9.17) is 14.4 Å². The van der Waals surface area contributed by atoms with Crippen LogP contribution in [0.3, 0.4) is 0 Å². The number of carboxylic acids is 1. The van der Waals surface area contributed by atoms with Gasteiger partial charge in [-0.1, -0.05) is 24.9 Å². The Bertz CT molecular complexity index is 1560. The molecule has 0 atom stereocenters. The minimum atomic E-state index is -5.08. The van der Waals surface area contributed by atoms with E-state index in [0.717, 1.165) is 36.0 Å². The van der Waals surface area contributed by atoms with Crippen LogP contribution in [0.2, 0.25) is 0 Å². The highest BCUT2D eigenvalue weighted by Gasteiger charge is 2.38. The minimum Gasteiger partial charge on any atom is -0.475 e. The van der Waals surface area contributed by atoms with Gasteiger partial charge < -0.3 is 9.63 Å². The summed E-state index contributed by atoms with van der Waals surface area (Å²) in [5, 5.41) is 19.8. The van der Waals surface area contributed by atoms with E-state index in [1.165, 1.54) is 0 Å². The van der Waals surface area contributed by atoms with Crippen LogP contribution in [0.1, 0.15) is 43.4 Å². The zero-order valence-corrected chi connectivity index (χ0v) is 22.1. The van der Waals surface area contributed by atoms with Crippen molar-refractivity contribution in [2.75, 3.05) is 0 Å². The van der Waals surface area contributed by atoms with Gasteiger partial charge in [-0.25, -0.2) is 14.2 Å². The molecule has 1 N–H and O–H groups in total. The number of alkyl halides is 3. The van der Waals surface area contributed by atoms with Crippen molar-refractivity contribution in [2.45, 2.75) is 58.2 Å². The summed E-state index contributed by atoms with van der Waals surface area (Å²) < 4.78 is 41.5. The molecular formula is C23H22BrF3N8O4. The van der Waals surface area contributed by atoms with E-state index in [0.29, 0.717) is 54.0 Å². The van der Waals surface area contributed by atoms with Gasteiger partial charge in [-0.05, 0) is 34.5 Å². The standard InChI is InChI=1S/C21H21BrN8O2.C2HF3O2/c1-2-3-4-10-29-18-14(11-15(22)24-18)20(31)30-17(26-27-21(29)30)8-7-16-25-19(32-28-16)13-6-5-9-23-12-13;3-2(4,5)1(6)7/h5-6,9,12H,2-4,7-8,10-11H2,1H3;(H,6,7). The number of halogens is 4. The number of aliphatic carboxylic acids is 1. The molecule has 4 aromatic rings. The summed E-state index contributed by atoms with van der Waals surface area (Å²) in [6.07, 6.45) is 2.86. The molecule has 5 heterocycles. The molecule has 1 aliphatic rings. The second-order valence-corrected chi connectivity index (χ2v) is 9.36. The monoisotopic (exact) mass is 610 g/mol. The Kier molecular flexibility index (Phi) is 8.52. The van der Waals surface area contributed by atoms with Crippen molar-refractivity contribution in [1.82, 2.24) is 34.3 Å². The first kappa shape index (κ1) is 28.1. The van der Waals surface area contributed by atoms with E-state index in [2.05, 4.69) is 53.2 Å². The Labute approximate surface area is 226 Å². The summed E-state index contributed by atoms with van der Waals surface area (Å²) in [5.41, 5.74) is 1.31. The van der Waals surface area contributed by atoms with Gasteiger partial charge in [0.25, 0.3) is 11.4 Å². The minimum absolute atomic E-state index is 0.121. The number of rotatable bonds is 8. The van der Waals surface area contributed by atoms with Crippen LogP contribution in [0, 0.1) is 0 Å². The van der Waals surface area contributed by atoms with Crippen LogP contribution in [-0.2, 0) is 30.6 Å². The number of carboxylic acid groups (broad SMARTS) is 1. The Balaban J connectivity index is 0.000000448. The molecule has 0 amide bonds. The molecule has 0 saturated heterocycles. The third-order valence-corrected chi connectivity index (χ3v) is 6.13. The van der Waals surface area contributed by atoms with Crippen molar-refractivity contribution in [1.29, 1.82) is 0 Å². The maximum absolute atomic E-state index is 13.2. The summed E-state index contributed by atoms with van der Waals surface area (Å²) in [4.78, 5) is 35.2. The molecule has 0 aliphatic carbocycles. The number of nitrogens with zero attached hydrogens (tertiary/aromatic N) is 8. The number of fused-ring (bicyclic) bond motifs is 2. The third kappa shape index (κ3) is 6.38. The van der Waals surface area contributed by atoms with Gasteiger partial charge in [-0.15, -0.1) is 10.2 Å². The van der Waals surface area contributed by atoms with Crippen molar-refractivity contribution >= 4 is 38.1 Å². The zero-order valence-electron chi connectivity index (χ0n) is 20.5. The number of aliphatic imine (C=N–C) groups is 1. The van der Waals surface area contributed by atoms with Crippen molar-refractivity contribution in [3.05, 3.63) is 52.1 Å². The van der Waals surface area contributed by atoms with Crippen molar-refractivity contribution < 1.29 is 27.6 Å². The molecule has 0 fully saturated rings. The lowest BCUT2D eigenvalue weighted by molar-refractivity contribution is -0.192. The average Bonchev–Trinajstić information content (AvgIpc) is 3.64. The highest BCUT2D eigenvalue weighted by atomic mass is 79.9. The van der Waals surface area contributed by atoms with Crippen LogP contribution in [-0.4, -0.2) is 56.2 Å². The lowest BCUT2D eigenvalue weighted by Gasteiger charge is -2.12. The summed E-state index contributed by atoms with van der Waals surface area (Å²) in [6.45, 7) is 2.90. The maximum Gasteiger partial charge on any atom is 0.490 e. The quantitative estimate of drug-likeness (QED) is 0.292. The molecule has 16 heteroatoms. The summed E-state index contributed by atoms with van der Waals surface area (Å²) in [7, 11) is 0. The lowest BCUT2D eigenvalue weighted by atomic mass is 10.2. The fourth-order valence-electron chi connectivity index (χ4n) is 3.83. The number of hydrogen-bond donors (Lipinski definition) is 1. The highest BCUT2D eigenvalue weighted by Crippen LogP contribution is 2.28. The summed E-state index contributed by atoms with van der Waals surface area (Å²) >= 11 is 3.45. The van der Waals surface area contributed by atoms with Crippen molar-refractivity contribution in [3.8, 4) is 11.5 Å². The van der Waals surface area contributed by atoms with Gasteiger partial charge in [-0.3, -0.25) is 14.3 Å². The fraction of sp³-hybridized carbons (Fsp3) is 0.391. The van der Waals surface area contributed by atoms with E-state index in [1.807, 2.05) is 16.7 Å². The highest BCUT2D eigenvalue weighted by molar-refractivity contribution is 9.18. The number of carbonyl (C=O) groups is 1. The number of pyridine rings is 1. The molecule has 5 rings (SSSR count). The molecule has 4 aromatic heterocycles. The van der Waals surface area contributed by atoms with Crippen LogP contribution < -0.4 is 5.56 Å². The predicted molar refractivity (Wildman–Crippen MR) is 135 cm³/mol. The van der Waals surface area contributed by atoms with Crippen LogP contribution >= 0.6 is 15.9 Å². The van der Waals surface area contributed by atoms with Gasteiger partial charge in [0.2, 0.25) is 5.78 Å². The first-order chi connectivity index (χ1) is 18.6. The van der Waals surface area contributed by atoms with Gasteiger partial charge in [0, 0.05) is 38.2 Å². The number of aryl methyl sites for hydroxylation is 3. The first-order valence-electron chi connectivity index (χ1n) is 11.9. The molecule has 12 nitrogen and oxygen atoms in total. The number of unbranched alkanes of at least 4 members (excludes halogenated alkanes) is 2. The Morgan fingerprint density at radius 1 is 1.23 bits per heavy atom. The fourth-order valence-corrected chi connectivity index (χ4v) is 4.28. The van der Waals surface area contributed by atoms with E-state index >= 15 is 0 Å². The van der Waals surface area contributed by atoms with E-state index in [9.17, 15) is 18.0 Å². The molecule has 39 heavy (non-hydrogen) atoms. The van der Waals surface area contributed by atoms with Crippen LogP contribution in [0.15, 0.2) is 38.8 Å². The summed E-state index contributed by atoms with van der Waals surface area (Å²) in [5.74, 6) is -0.0209. The van der Waals surface area contributed by atoms with Crippen LogP contribution in [0.5, 0.6) is 0 Å². The average molecular weight is 611 g/mol. The molecule has 0 aromatic carbocycles. The second-order valence-electron chi connectivity index (χ2n) is 8.44. The predicted octanol–water partition coefficient (Wildman–Crippen LogP) is 3.93. The molecule has 0 radical (unpaired) electrons. The maximum atomic E-state index is 13.2. The Morgan fingerprint density at radius 3 is 2.67 bits per heavy atom. The van der Waals surface area contributed by atoms with Gasteiger partial charge in [0.1, 0.15) is 11.6 Å². The third-order valence-electron chi connectivity index (χ3n) is 5.67. The van der Waals surface area contributed by atoms with E-state index in [1.54, 1.807) is 16.8 Å². The molecule has 206 valence electrons. The molecular weight excluding hydrogens is 589 g/mol. The van der Waals surface area contributed by atoms with E-state index < -0.39 is 12.1 Å². The molecule has 0 unspecified atom stereocenters. The van der Waals surface area contributed by atoms with E-state index in [-0.39, 0.29) is 5.56 Å². The molecule has 0 bridgehead atoms. The molecule has 0 saturated carbocycles. The van der Waals surface area contributed by atoms with Gasteiger partial charge >= 0.3 is 12.1 Å². The Hall–Kier alpha value is -3.95. The van der Waals surface area contributed by atoms with Crippen molar-refractivity contribution in [3.63, 3.8) is 0 Å². The van der Waals surface area contributed by atoms with Gasteiger partial charge in [0.15, 0.2) is 5.82 Å². The normalized spacial score (nSPS) is 12.7. The van der Waals surface area contributed by atoms with Crippen LogP contribution in [0.4, 0.5) is 19.0 Å². The second kappa shape index (κ2) is 11.8. The smallest absolute Gasteiger partial charge is 0.475 e. The van der Waals surface area contributed by atoms with Crippen LogP contribution in [0.25, 0.3) is 17.2 Å². The molecule has 1 aliphatic heterocycles. The number of aromatic nitrogens is 7. The zero-order chi connectivity index (χ0) is 28.2. The Morgan fingerprint density at radius 2 is 2.00 bits per heavy atom. The topological polar surface area (TPSA) is 154 Å². The SMILES string of the molecule is CCCCCn1c2c(c(=O)n3c(CCc4noc(-c5cccnc5)n4)nnc13)CC(Br)=N2.O=C(O)C(F)(F)F. The van der Waals surface area contributed by atoms with Gasteiger partial charge in [0.05, 0.1) is 15.7 Å². The summed E-state index contributed by atoms with van der Waals surface area (Å²) in [6, 6.07) is 3.67. The van der Waals surface area contributed by atoms with Gasteiger partial charge in [-0.2, -0.15) is 18.2 Å².